The molecule has 34 nitrogen and oxygen atoms in total. The van der Waals surface area contributed by atoms with Crippen LogP contribution in [0.4, 0.5) is 0 Å². The number of aliphatic hydroxyl groups excluding tert-OH is 2. The largest absolute Gasteiger partial charge is 0.465 e. The molecule has 0 saturated heterocycles. The lowest BCUT2D eigenvalue weighted by atomic mass is 9.84. The number of ketones is 4. The fourth-order valence-corrected chi connectivity index (χ4v) is 11.5. The number of carbonyl (C=O) groups excluding carboxylic acids is 12. The van der Waals surface area contributed by atoms with Gasteiger partial charge in [-0.3, -0.25) is 71.6 Å². The molecule has 14 unspecified atom stereocenters. The molecule has 4 aromatic heterocycles. The lowest BCUT2D eigenvalue weighted by molar-refractivity contribution is -0.154. The fraction of sp³-hybridized carbons (Fsp3) is 0.773. The average Bonchev–Trinajstić information content (AvgIpc) is 1.09. The van der Waals surface area contributed by atoms with Crippen molar-refractivity contribution in [1.82, 2.24) is 79.6 Å². The van der Waals surface area contributed by atoms with Gasteiger partial charge in [0, 0.05) is 155 Å². The number of Topliss-reactive ketones (excluding diaryl/α,β-unsaturated/α-hetero) is 4. The van der Waals surface area contributed by atoms with E-state index in [1.54, 1.807) is 115 Å². The molecule has 0 aromatic carbocycles. The van der Waals surface area contributed by atoms with Crippen molar-refractivity contribution < 1.29 is 86.7 Å². The van der Waals surface area contributed by atoms with Crippen LogP contribution >= 0.6 is 0 Å². The zero-order chi connectivity index (χ0) is 94.2. The van der Waals surface area contributed by atoms with Crippen molar-refractivity contribution in [2.45, 2.75) is 292 Å². The van der Waals surface area contributed by atoms with Gasteiger partial charge in [0.25, 0.3) is 0 Å². The summed E-state index contributed by atoms with van der Waals surface area (Å²) in [6.45, 7) is 40.4. The second-order valence-corrected chi connectivity index (χ2v) is 31.8. The Morgan fingerprint density at radius 3 is 0.787 bits per heavy atom. The highest BCUT2D eigenvalue weighted by atomic mass is 16.6. The van der Waals surface area contributed by atoms with E-state index in [0.717, 1.165) is 25.9 Å². The first-order valence-corrected chi connectivity index (χ1v) is 43.7. The molecule has 4 amide bonds. The molecule has 0 aliphatic heterocycles. The highest BCUT2D eigenvalue weighted by Crippen LogP contribution is 2.30. The van der Waals surface area contributed by atoms with E-state index < -0.39 is 47.8 Å². The third-order valence-electron chi connectivity index (χ3n) is 19.8. The molecule has 0 fully saturated rings. The number of esters is 4. The fourth-order valence-electron chi connectivity index (χ4n) is 11.5. The van der Waals surface area contributed by atoms with Gasteiger partial charge in [0.15, 0.2) is 0 Å². The average molecular weight is 1730 g/mol. The van der Waals surface area contributed by atoms with E-state index in [0.29, 0.717) is 110 Å². The predicted molar refractivity (Wildman–Crippen MR) is 469 cm³/mol. The van der Waals surface area contributed by atoms with Gasteiger partial charge in [-0.2, -0.15) is 0 Å². The van der Waals surface area contributed by atoms with Crippen molar-refractivity contribution in [3.05, 3.63) is 49.6 Å². The first kappa shape index (κ1) is 119. The normalized spacial score (nSPS) is 14.0. The third-order valence-corrected chi connectivity index (χ3v) is 19.8. The Kier molecular flexibility index (Phi) is 69.7. The first-order chi connectivity index (χ1) is 57.5. The summed E-state index contributed by atoms with van der Waals surface area (Å²) in [6.07, 6.45) is 22.9. The number of unbranched alkanes of at least 4 members (excludes halogenated alkanes) is 1. The van der Waals surface area contributed by atoms with E-state index in [1.807, 2.05) is 81.6 Å². The Hall–Kier alpha value is -9.08. The van der Waals surface area contributed by atoms with Gasteiger partial charge in [-0.05, 0) is 131 Å². The standard InChI is InChI=1S/C19H32N4O5.C19H32N4O4.C18H33NO5.C18H33NO4.2C4H7N3.2C3H8/c1-6-15(10-16(18(26)22(4)5)9-13(2)14(3)24)19(27)28-12-17(25)11-23-8-7-20-21-23;1-6-16(19(26)27-11-7-9-23-10-8-20-21-23)13-17(18(25)22(4)5)12-14(2)15(3)24;1-7-14(18(23)24-11-16(21)8-2)10-15(17(22)19(5)6)9-12(3)13(4)20;1-7-9-10-23-18(22)15(8-2)12-16(17(21)19(5)6)11-13(3)14(4)20;2*1-2-7-4-3-5-6-7;2*1-3-2/h7-8,13,15-17,25H,6,9-12H2,1-5H3;8,10,14,16-17H,6-7,9,11-13H2,1-5H3;12,14-16,21H,7-11H2,1-6H3;13,15-16H,7-12H2,1-6H3;2*3-4H,2H2,1H3;2*3H2,1-2H3. The quantitative estimate of drug-likeness (QED) is 0.0236. The zero-order valence-corrected chi connectivity index (χ0v) is 79.7. The number of hydrogen-bond acceptors (Lipinski definition) is 26. The van der Waals surface area contributed by atoms with Gasteiger partial charge in [-0.15, -0.1) is 20.4 Å². The van der Waals surface area contributed by atoms with Gasteiger partial charge in [0.05, 0.1) is 74.3 Å². The van der Waals surface area contributed by atoms with Gasteiger partial charge in [-0.25, -0.2) is 4.68 Å². The Balaban J connectivity index is -0.000000705. The van der Waals surface area contributed by atoms with Crippen LogP contribution in [0.15, 0.2) is 49.6 Å². The summed E-state index contributed by atoms with van der Waals surface area (Å²) >= 11 is 0. The number of hydrogen-bond donors (Lipinski definition) is 2. The van der Waals surface area contributed by atoms with Crippen LogP contribution in [0.5, 0.6) is 0 Å². The molecule has 700 valence electrons. The Bertz CT molecular complexity index is 3380. The lowest BCUT2D eigenvalue weighted by Crippen LogP contribution is -2.35. The van der Waals surface area contributed by atoms with Crippen LogP contribution in [-0.4, -0.2) is 255 Å². The van der Waals surface area contributed by atoms with Gasteiger partial charge in [0.1, 0.15) is 42.5 Å². The van der Waals surface area contributed by atoms with Crippen LogP contribution in [0.2, 0.25) is 0 Å². The number of aryl methyl sites for hydroxylation is 3. The molecule has 0 aliphatic carbocycles. The number of nitrogens with zero attached hydrogens (tertiary/aromatic N) is 16. The molecule has 0 radical (unpaired) electrons. The molecule has 0 aliphatic rings. The number of carbonyl (C=O) groups is 12. The van der Waals surface area contributed by atoms with Crippen molar-refractivity contribution in [1.29, 1.82) is 0 Å². The number of rotatable bonds is 48. The number of ether oxygens (including phenoxy) is 4. The highest BCUT2D eigenvalue weighted by Gasteiger charge is 2.35. The lowest BCUT2D eigenvalue weighted by Gasteiger charge is -2.25. The van der Waals surface area contributed by atoms with Gasteiger partial charge in [-0.1, -0.05) is 137 Å². The van der Waals surface area contributed by atoms with Crippen LogP contribution in [0.25, 0.3) is 0 Å². The number of amides is 4. The summed E-state index contributed by atoms with van der Waals surface area (Å²) in [5, 5.41) is 49.1. The van der Waals surface area contributed by atoms with E-state index in [4.69, 9.17) is 18.9 Å². The van der Waals surface area contributed by atoms with Crippen molar-refractivity contribution in [2.75, 3.05) is 82.8 Å². The maximum absolute atomic E-state index is 12.5. The number of aliphatic hydroxyl groups is 2. The smallest absolute Gasteiger partial charge is 0.309 e. The second-order valence-electron chi connectivity index (χ2n) is 31.8. The van der Waals surface area contributed by atoms with Crippen LogP contribution in [-0.2, 0) is 103 Å². The minimum absolute atomic E-state index is 0.0171. The molecular weight excluding hydrogens is 1570 g/mol. The molecule has 4 aromatic rings. The summed E-state index contributed by atoms with van der Waals surface area (Å²) in [5.41, 5.74) is 0. The van der Waals surface area contributed by atoms with E-state index >= 15 is 0 Å². The van der Waals surface area contributed by atoms with Crippen molar-refractivity contribution in [2.24, 2.45) is 71.0 Å². The maximum Gasteiger partial charge on any atom is 0.309 e. The SMILES string of the molecule is CCC.CCC.CCC(CC(CC(C)C(C)=O)C(=O)N(C)C)C(=O)OCC(O)Cn1ccnn1.CCC(CC(CC(C)C(C)=O)C(=O)N(C)C)C(=O)OCCCn1ccnn1.CCC(O)COC(=O)C(CC)CC(CC(C)C(C)=O)C(=O)N(C)C.CCCCOC(=O)C(CC)CC(CC(C)C(C)=O)C(=O)N(C)C.CCn1ccnn1.CCn1ccnn1. The van der Waals surface area contributed by atoms with Crippen molar-refractivity contribution in [3.8, 4) is 0 Å². The van der Waals surface area contributed by atoms with Gasteiger partial charge < -0.3 is 48.8 Å². The Morgan fingerprint density at radius 1 is 0.328 bits per heavy atom. The zero-order valence-electron chi connectivity index (χ0n) is 79.7. The van der Waals surface area contributed by atoms with E-state index in [9.17, 15) is 67.7 Å². The van der Waals surface area contributed by atoms with Gasteiger partial charge in [0.2, 0.25) is 23.6 Å². The molecule has 2 N–H and O–H groups in total. The minimum Gasteiger partial charge on any atom is -0.465 e. The molecule has 4 heterocycles. The summed E-state index contributed by atoms with van der Waals surface area (Å²) in [7, 11) is 13.5. The Morgan fingerprint density at radius 2 is 0.574 bits per heavy atom. The molecule has 34 heteroatoms. The maximum atomic E-state index is 12.5. The molecule has 4 rings (SSSR count). The highest BCUT2D eigenvalue weighted by molar-refractivity contribution is 5.85. The molecular formula is C88H160N16O18. The molecule has 0 bridgehead atoms. The first-order valence-electron chi connectivity index (χ1n) is 43.7. The van der Waals surface area contributed by atoms with E-state index in [-0.39, 0.29) is 126 Å². The topological polar surface area (TPSA) is 418 Å². The predicted octanol–water partition coefficient (Wildman–Crippen LogP) is 11.4. The minimum atomic E-state index is -0.903. The van der Waals surface area contributed by atoms with Crippen LogP contribution in [0.3, 0.4) is 0 Å². The summed E-state index contributed by atoms with van der Waals surface area (Å²) in [5.74, 6) is -5.41. The van der Waals surface area contributed by atoms with Crippen LogP contribution in [0, 0.1) is 71.0 Å². The molecule has 14 atom stereocenters. The third kappa shape index (κ3) is 55.8. The summed E-state index contributed by atoms with van der Waals surface area (Å²) < 4.78 is 27.8. The van der Waals surface area contributed by atoms with Crippen molar-refractivity contribution in [3.63, 3.8) is 0 Å². The van der Waals surface area contributed by atoms with E-state index in [1.165, 1.54) is 71.0 Å². The van der Waals surface area contributed by atoms with Gasteiger partial charge >= 0.3 is 23.9 Å². The summed E-state index contributed by atoms with van der Waals surface area (Å²) in [6, 6.07) is 0. The molecule has 0 spiro atoms. The number of aromatic nitrogens is 12. The van der Waals surface area contributed by atoms with E-state index in [2.05, 4.69) is 68.9 Å². The molecule has 0 saturated carbocycles. The van der Waals surface area contributed by atoms with Crippen LogP contribution < -0.4 is 0 Å². The second kappa shape index (κ2) is 71.4. The monoisotopic (exact) mass is 1730 g/mol. The Labute approximate surface area is 729 Å². The summed E-state index contributed by atoms with van der Waals surface area (Å²) in [4.78, 5) is 151. The molecule has 122 heavy (non-hydrogen) atoms. The van der Waals surface area contributed by atoms with Crippen LogP contribution in [0.1, 0.15) is 254 Å². The van der Waals surface area contributed by atoms with Crippen molar-refractivity contribution >= 4 is 70.6 Å².